The Balaban J connectivity index is 1.64. The lowest BCUT2D eigenvalue weighted by molar-refractivity contribution is -0.108. The topological polar surface area (TPSA) is 93.1 Å². The first-order valence-corrected chi connectivity index (χ1v) is 11.3. The van der Waals surface area contributed by atoms with Gasteiger partial charge in [0.15, 0.2) is 15.7 Å². The third-order valence-corrected chi connectivity index (χ3v) is 8.30. The molecule has 1 fully saturated rings. The lowest BCUT2D eigenvalue weighted by Crippen LogP contribution is -2.27. The predicted molar refractivity (Wildman–Crippen MR) is 113 cm³/mol. The van der Waals surface area contributed by atoms with Gasteiger partial charge in [-0.3, -0.25) is 9.48 Å². The summed E-state index contributed by atoms with van der Waals surface area (Å²) in [4.78, 5) is 11.0. The number of nitrogens with zero attached hydrogens (tertiary/aromatic N) is 2. The van der Waals surface area contributed by atoms with Gasteiger partial charge in [-0.05, 0) is 75.8 Å². The molecule has 0 saturated heterocycles. The minimum Gasteiger partial charge on any atom is -0.339 e. The molecule has 4 rings (SSSR count). The Morgan fingerprint density at radius 1 is 1.31 bits per heavy atom. The Morgan fingerprint density at radius 2 is 2.07 bits per heavy atom. The smallest absolute Gasteiger partial charge is 0.211 e. The Kier molecular flexibility index (Phi) is 4.77. The molecule has 2 aliphatic rings. The minimum atomic E-state index is -3.30. The van der Waals surface area contributed by atoms with Gasteiger partial charge in [0.1, 0.15) is 0 Å². The van der Waals surface area contributed by atoms with Gasteiger partial charge in [0.2, 0.25) is 6.41 Å². The lowest BCUT2D eigenvalue weighted by atomic mass is 10.0. The number of carbonyl (C=O) groups is 1. The van der Waals surface area contributed by atoms with Crippen molar-refractivity contribution >= 4 is 33.8 Å². The van der Waals surface area contributed by atoms with Gasteiger partial charge in [-0.1, -0.05) is 0 Å². The average Bonchev–Trinajstić information content (AvgIpc) is 3.39. The Bertz CT molecular complexity index is 1100. The first-order valence-electron chi connectivity index (χ1n) is 9.81. The summed E-state index contributed by atoms with van der Waals surface area (Å²) in [5.41, 5.74) is 3.57. The molecule has 1 amide bonds. The molecule has 0 unspecified atom stereocenters. The second-order valence-corrected chi connectivity index (χ2v) is 11.0. The highest BCUT2D eigenvalue weighted by Crippen LogP contribution is 2.40. The number of aromatic nitrogens is 2. The van der Waals surface area contributed by atoms with E-state index in [1.807, 2.05) is 23.7 Å². The molecule has 1 aliphatic carbocycles. The van der Waals surface area contributed by atoms with E-state index in [-0.39, 0.29) is 0 Å². The Labute approximate surface area is 171 Å². The maximum Gasteiger partial charge on any atom is 0.211 e. The number of hydrogen-bond donors (Lipinski definition) is 2. The van der Waals surface area contributed by atoms with Crippen LogP contribution in [0.5, 0.6) is 0 Å². The number of carbonyl (C=O) groups excluding carboxylic acids is 1. The fraction of sp³-hybridized carbons (Fsp3) is 0.429. The van der Waals surface area contributed by atoms with E-state index in [9.17, 15) is 13.2 Å². The third-order valence-electron chi connectivity index (χ3n) is 5.73. The van der Waals surface area contributed by atoms with Crippen molar-refractivity contribution in [2.75, 3.05) is 5.32 Å². The van der Waals surface area contributed by atoms with Gasteiger partial charge in [0, 0.05) is 24.0 Å². The van der Waals surface area contributed by atoms with Crippen molar-refractivity contribution in [3.63, 3.8) is 0 Å². The van der Waals surface area contributed by atoms with Crippen LogP contribution in [-0.2, 0) is 27.6 Å². The van der Waals surface area contributed by atoms with Crippen LogP contribution in [0.4, 0.5) is 11.5 Å². The lowest BCUT2D eigenvalue weighted by Gasteiger charge is -2.15. The fourth-order valence-electron chi connectivity index (χ4n) is 3.79. The summed E-state index contributed by atoms with van der Waals surface area (Å²) in [6.45, 7) is 6.37. The summed E-state index contributed by atoms with van der Waals surface area (Å²) < 4.78 is 26.5. The number of hydrogen-bond acceptors (Lipinski definition) is 5. The summed E-state index contributed by atoms with van der Waals surface area (Å²) in [5.74, 6) is 1.39. The van der Waals surface area contributed by atoms with E-state index >= 15 is 0 Å². The van der Waals surface area contributed by atoms with Crippen molar-refractivity contribution in [2.24, 2.45) is 5.92 Å². The second-order valence-electron chi connectivity index (χ2n) is 8.49. The number of sulfone groups is 1. The summed E-state index contributed by atoms with van der Waals surface area (Å²) in [7, 11) is -3.30. The molecule has 0 spiro atoms. The standard InChI is InChI=1S/C21H26N4O3S/c1-14-18(8-9-22-13-26)25(12-15-4-5-15)24-20(14)23-17-6-7-19-16(10-17)11-21(2,3)29(19,27)28/h6-10,13,15H,4-5,11-12H2,1-3H3,(H,22,26)(H,23,24)/b9-8-. The molecule has 0 bridgehead atoms. The van der Waals surface area contributed by atoms with Crippen molar-refractivity contribution in [2.45, 2.75) is 56.2 Å². The van der Waals surface area contributed by atoms with Crippen molar-refractivity contribution in [3.8, 4) is 0 Å². The zero-order valence-corrected chi connectivity index (χ0v) is 17.7. The molecule has 1 aromatic carbocycles. The maximum atomic E-state index is 12.6. The normalized spacial score (nSPS) is 19.3. The molecule has 0 radical (unpaired) electrons. The van der Waals surface area contributed by atoms with Crippen LogP contribution in [0.3, 0.4) is 0 Å². The van der Waals surface area contributed by atoms with Crippen LogP contribution in [0.25, 0.3) is 6.08 Å². The molecule has 7 nitrogen and oxygen atoms in total. The van der Waals surface area contributed by atoms with Crippen molar-refractivity contribution in [3.05, 3.63) is 41.2 Å². The SMILES string of the molecule is Cc1c(Nc2ccc3c(c2)CC(C)(C)S3(=O)=O)nn(CC2CC2)c1/C=C\NC=O. The number of fused-ring (bicyclic) bond motifs is 1. The number of nitrogens with one attached hydrogen (secondary N) is 2. The van der Waals surface area contributed by atoms with E-state index < -0.39 is 14.6 Å². The first kappa shape index (κ1) is 19.7. The zero-order valence-electron chi connectivity index (χ0n) is 16.9. The third kappa shape index (κ3) is 3.57. The maximum absolute atomic E-state index is 12.6. The zero-order chi connectivity index (χ0) is 20.8. The van der Waals surface area contributed by atoms with Crippen LogP contribution in [0.15, 0.2) is 29.3 Å². The van der Waals surface area contributed by atoms with Gasteiger partial charge in [0.25, 0.3) is 0 Å². The highest BCUT2D eigenvalue weighted by atomic mass is 32.2. The molecule has 29 heavy (non-hydrogen) atoms. The summed E-state index contributed by atoms with van der Waals surface area (Å²) in [5, 5.41) is 10.6. The molecule has 1 aliphatic heterocycles. The summed E-state index contributed by atoms with van der Waals surface area (Å²) >= 11 is 0. The predicted octanol–water partition coefficient (Wildman–Crippen LogP) is 3.17. The van der Waals surface area contributed by atoms with Gasteiger partial charge in [-0.15, -0.1) is 0 Å². The van der Waals surface area contributed by atoms with E-state index in [4.69, 9.17) is 5.10 Å². The molecule has 154 valence electrons. The highest BCUT2D eigenvalue weighted by molar-refractivity contribution is 7.93. The second kappa shape index (κ2) is 7.02. The number of anilines is 2. The van der Waals surface area contributed by atoms with E-state index in [0.717, 1.165) is 34.9 Å². The average molecular weight is 415 g/mol. The molecule has 1 saturated carbocycles. The van der Waals surface area contributed by atoms with Crippen LogP contribution in [0.2, 0.25) is 0 Å². The van der Waals surface area contributed by atoms with Crippen molar-refractivity contribution in [1.82, 2.24) is 15.1 Å². The van der Waals surface area contributed by atoms with E-state index in [1.54, 1.807) is 32.2 Å². The van der Waals surface area contributed by atoms with Crippen molar-refractivity contribution in [1.29, 1.82) is 0 Å². The van der Waals surface area contributed by atoms with Gasteiger partial charge in [0.05, 0.1) is 15.3 Å². The Morgan fingerprint density at radius 3 is 2.76 bits per heavy atom. The molecule has 2 aromatic rings. The molecular formula is C21H26N4O3S. The summed E-state index contributed by atoms with van der Waals surface area (Å²) in [6, 6.07) is 5.39. The highest BCUT2D eigenvalue weighted by Gasteiger charge is 2.43. The van der Waals surface area contributed by atoms with Crippen LogP contribution < -0.4 is 10.6 Å². The van der Waals surface area contributed by atoms with Crippen molar-refractivity contribution < 1.29 is 13.2 Å². The quantitative estimate of drug-likeness (QED) is 0.679. The molecule has 2 heterocycles. The molecule has 0 atom stereocenters. The summed E-state index contributed by atoms with van der Waals surface area (Å²) in [6.07, 6.45) is 7.01. The van der Waals surface area contributed by atoms with Gasteiger partial charge >= 0.3 is 0 Å². The number of rotatable bonds is 7. The monoisotopic (exact) mass is 414 g/mol. The molecule has 2 N–H and O–H groups in total. The number of amides is 1. The fourth-order valence-corrected chi connectivity index (χ4v) is 5.45. The first-order chi connectivity index (χ1) is 13.7. The van der Waals surface area contributed by atoms with E-state index in [0.29, 0.717) is 23.6 Å². The Hall–Kier alpha value is -2.61. The minimum absolute atomic E-state index is 0.424. The van der Waals surface area contributed by atoms with Gasteiger partial charge < -0.3 is 10.6 Å². The molecule has 8 heteroatoms. The molecular weight excluding hydrogens is 388 g/mol. The van der Waals surface area contributed by atoms with Gasteiger partial charge in [-0.2, -0.15) is 5.10 Å². The molecule has 1 aromatic heterocycles. The van der Waals surface area contributed by atoms with E-state index in [2.05, 4.69) is 10.6 Å². The van der Waals surface area contributed by atoms with Crippen LogP contribution in [0, 0.1) is 12.8 Å². The number of benzene rings is 1. The van der Waals surface area contributed by atoms with E-state index in [1.165, 1.54) is 12.8 Å². The van der Waals surface area contributed by atoms with Crippen LogP contribution in [0.1, 0.15) is 43.5 Å². The van der Waals surface area contributed by atoms with Crippen LogP contribution >= 0.6 is 0 Å². The van der Waals surface area contributed by atoms with Gasteiger partial charge in [-0.25, -0.2) is 8.42 Å². The largest absolute Gasteiger partial charge is 0.339 e. The van der Waals surface area contributed by atoms with Crippen LogP contribution in [-0.4, -0.2) is 29.4 Å².